The molecule has 31 heavy (non-hydrogen) atoms. The lowest BCUT2D eigenvalue weighted by atomic mass is 10.1. The number of anilines is 1. The number of nitrogens with one attached hydrogen (secondary N) is 1. The Morgan fingerprint density at radius 3 is 2.45 bits per heavy atom. The fourth-order valence-corrected chi connectivity index (χ4v) is 4.61. The SMILES string of the molecule is Cc1ccc(-c2csc(NC(=O)CCSc3cc(-c4ccccc4)nc(C)n3)n2)cc1. The van der Waals surface area contributed by atoms with E-state index in [4.69, 9.17) is 0 Å². The average Bonchev–Trinajstić information content (AvgIpc) is 3.23. The van der Waals surface area contributed by atoms with E-state index in [9.17, 15) is 4.79 Å². The van der Waals surface area contributed by atoms with E-state index in [1.807, 2.05) is 60.8 Å². The third-order valence-electron chi connectivity index (χ3n) is 4.56. The van der Waals surface area contributed by atoms with Crippen LogP contribution >= 0.6 is 23.1 Å². The number of rotatable bonds is 7. The predicted molar refractivity (Wildman–Crippen MR) is 128 cm³/mol. The monoisotopic (exact) mass is 446 g/mol. The number of carbonyl (C=O) groups excluding carboxylic acids is 1. The van der Waals surface area contributed by atoms with Crippen LogP contribution in [-0.4, -0.2) is 26.6 Å². The van der Waals surface area contributed by atoms with Crippen molar-refractivity contribution >= 4 is 34.1 Å². The van der Waals surface area contributed by atoms with Gasteiger partial charge < -0.3 is 5.32 Å². The minimum atomic E-state index is -0.0497. The van der Waals surface area contributed by atoms with Crippen molar-refractivity contribution in [3.05, 3.63) is 77.4 Å². The summed E-state index contributed by atoms with van der Waals surface area (Å²) >= 11 is 2.99. The van der Waals surface area contributed by atoms with Gasteiger partial charge in [0.2, 0.25) is 5.91 Å². The Bertz CT molecular complexity index is 1170. The van der Waals surface area contributed by atoms with E-state index < -0.39 is 0 Å². The second-order valence-corrected chi connectivity index (χ2v) is 9.03. The Hall–Kier alpha value is -3.03. The Kier molecular flexibility index (Phi) is 6.74. The van der Waals surface area contributed by atoms with E-state index in [1.165, 1.54) is 16.9 Å². The van der Waals surface area contributed by atoms with Crippen LogP contribution in [0, 0.1) is 13.8 Å². The van der Waals surface area contributed by atoms with Gasteiger partial charge in [0.05, 0.1) is 11.4 Å². The van der Waals surface area contributed by atoms with E-state index in [2.05, 4.69) is 39.3 Å². The number of thioether (sulfide) groups is 1. The fraction of sp³-hybridized carbons (Fsp3) is 0.167. The molecular formula is C24H22N4OS2. The lowest BCUT2D eigenvalue weighted by molar-refractivity contribution is -0.115. The molecule has 1 N–H and O–H groups in total. The number of amides is 1. The molecule has 2 aromatic heterocycles. The van der Waals surface area contributed by atoms with E-state index in [-0.39, 0.29) is 5.91 Å². The molecule has 0 aliphatic heterocycles. The molecule has 0 spiro atoms. The van der Waals surface area contributed by atoms with Crippen molar-refractivity contribution in [3.63, 3.8) is 0 Å². The number of thiazole rings is 1. The van der Waals surface area contributed by atoms with Crippen molar-refractivity contribution in [3.8, 4) is 22.5 Å². The number of hydrogen-bond donors (Lipinski definition) is 1. The van der Waals surface area contributed by atoms with Crippen LogP contribution in [0.4, 0.5) is 5.13 Å². The lowest BCUT2D eigenvalue weighted by Crippen LogP contribution is -2.12. The third kappa shape index (κ3) is 5.77. The minimum Gasteiger partial charge on any atom is -0.302 e. The second kappa shape index (κ2) is 9.85. The molecule has 0 aliphatic carbocycles. The highest BCUT2D eigenvalue weighted by atomic mass is 32.2. The molecule has 5 nitrogen and oxygen atoms in total. The molecule has 2 heterocycles. The van der Waals surface area contributed by atoms with E-state index in [1.54, 1.807) is 11.8 Å². The predicted octanol–water partition coefficient (Wildman–Crippen LogP) is 6.00. The zero-order valence-corrected chi connectivity index (χ0v) is 19.0. The molecular weight excluding hydrogens is 424 g/mol. The molecule has 4 rings (SSSR count). The molecule has 0 fully saturated rings. The highest BCUT2D eigenvalue weighted by Crippen LogP contribution is 2.26. The van der Waals surface area contributed by atoms with Gasteiger partial charge in [-0.2, -0.15) is 0 Å². The van der Waals surface area contributed by atoms with Crippen molar-refractivity contribution in [2.24, 2.45) is 0 Å². The van der Waals surface area contributed by atoms with Crippen LogP contribution in [0.25, 0.3) is 22.5 Å². The molecule has 0 saturated heterocycles. The van der Waals surface area contributed by atoms with Crippen LogP contribution in [0.3, 0.4) is 0 Å². The Morgan fingerprint density at radius 1 is 0.935 bits per heavy atom. The molecule has 2 aromatic carbocycles. The van der Waals surface area contributed by atoms with Crippen LogP contribution in [0.1, 0.15) is 17.8 Å². The molecule has 0 atom stereocenters. The van der Waals surface area contributed by atoms with Crippen molar-refractivity contribution in [1.82, 2.24) is 15.0 Å². The summed E-state index contributed by atoms with van der Waals surface area (Å²) in [5, 5.41) is 6.35. The highest BCUT2D eigenvalue weighted by molar-refractivity contribution is 7.99. The zero-order valence-electron chi connectivity index (χ0n) is 17.3. The van der Waals surface area contributed by atoms with Gasteiger partial charge in [-0.1, -0.05) is 60.2 Å². The summed E-state index contributed by atoms with van der Waals surface area (Å²) in [6.45, 7) is 3.94. The summed E-state index contributed by atoms with van der Waals surface area (Å²) in [5.74, 6) is 1.30. The Morgan fingerprint density at radius 2 is 1.68 bits per heavy atom. The van der Waals surface area contributed by atoms with Crippen molar-refractivity contribution < 1.29 is 4.79 Å². The normalized spacial score (nSPS) is 10.8. The first-order chi connectivity index (χ1) is 15.1. The number of nitrogens with zero attached hydrogens (tertiary/aromatic N) is 3. The van der Waals surface area contributed by atoms with E-state index >= 15 is 0 Å². The molecule has 0 radical (unpaired) electrons. The van der Waals surface area contributed by atoms with Gasteiger partial charge in [0, 0.05) is 28.7 Å². The summed E-state index contributed by atoms with van der Waals surface area (Å²) in [7, 11) is 0. The topological polar surface area (TPSA) is 67.8 Å². The number of benzene rings is 2. The molecule has 156 valence electrons. The summed E-state index contributed by atoms with van der Waals surface area (Å²) in [6.07, 6.45) is 0.383. The first kappa shape index (κ1) is 21.2. The van der Waals surface area contributed by atoms with Crippen LogP contribution in [0.15, 0.2) is 71.1 Å². The molecule has 0 saturated carbocycles. The maximum absolute atomic E-state index is 12.4. The maximum atomic E-state index is 12.4. The fourth-order valence-electron chi connectivity index (χ4n) is 2.99. The maximum Gasteiger partial charge on any atom is 0.226 e. The molecule has 1 amide bonds. The standard InChI is InChI=1S/C24H22N4OS2/c1-16-8-10-19(11-9-16)21-15-31-24(27-21)28-22(29)12-13-30-23-14-20(25-17(2)26-23)18-6-4-3-5-7-18/h3-11,14-15H,12-13H2,1-2H3,(H,27,28,29). The van der Waals surface area contributed by atoms with Crippen LogP contribution in [-0.2, 0) is 4.79 Å². The van der Waals surface area contributed by atoms with Gasteiger partial charge in [-0.25, -0.2) is 15.0 Å². The lowest BCUT2D eigenvalue weighted by Gasteiger charge is -2.06. The van der Waals surface area contributed by atoms with Gasteiger partial charge in [0.15, 0.2) is 5.13 Å². The van der Waals surface area contributed by atoms with Gasteiger partial charge in [0.1, 0.15) is 10.9 Å². The number of carbonyl (C=O) groups is 1. The van der Waals surface area contributed by atoms with E-state index in [0.717, 1.165) is 33.4 Å². The van der Waals surface area contributed by atoms with Gasteiger partial charge in [-0.05, 0) is 19.9 Å². The summed E-state index contributed by atoms with van der Waals surface area (Å²) in [4.78, 5) is 25.9. The Labute approximate surface area is 190 Å². The van der Waals surface area contributed by atoms with Crippen LogP contribution in [0.5, 0.6) is 0 Å². The Balaban J connectivity index is 1.32. The van der Waals surface area contributed by atoms with Crippen molar-refractivity contribution in [1.29, 1.82) is 0 Å². The average molecular weight is 447 g/mol. The van der Waals surface area contributed by atoms with Gasteiger partial charge in [-0.15, -0.1) is 23.1 Å². The van der Waals surface area contributed by atoms with Crippen molar-refractivity contribution in [2.75, 3.05) is 11.1 Å². The van der Waals surface area contributed by atoms with Crippen molar-refractivity contribution in [2.45, 2.75) is 25.3 Å². The quantitative estimate of drug-likeness (QED) is 0.278. The van der Waals surface area contributed by atoms with Gasteiger partial charge in [-0.3, -0.25) is 4.79 Å². The first-order valence-electron chi connectivity index (χ1n) is 9.93. The molecule has 0 unspecified atom stereocenters. The molecule has 0 aliphatic rings. The molecule has 0 bridgehead atoms. The summed E-state index contributed by atoms with van der Waals surface area (Å²) < 4.78 is 0. The number of aryl methyl sites for hydroxylation is 2. The number of aromatic nitrogens is 3. The van der Waals surface area contributed by atoms with Crippen LogP contribution in [0.2, 0.25) is 0 Å². The van der Waals surface area contributed by atoms with Crippen LogP contribution < -0.4 is 5.32 Å². The van der Waals surface area contributed by atoms with E-state index in [0.29, 0.717) is 17.3 Å². The first-order valence-corrected chi connectivity index (χ1v) is 11.8. The second-order valence-electron chi connectivity index (χ2n) is 7.06. The minimum absolute atomic E-state index is 0.0497. The molecule has 4 aromatic rings. The van der Waals surface area contributed by atoms with Gasteiger partial charge in [0.25, 0.3) is 0 Å². The third-order valence-corrected chi connectivity index (χ3v) is 6.23. The zero-order chi connectivity index (χ0) is 21.6. The summed E-state index contributed by atoms with van der Waals surface area (Å²) in [5.41, 5.74) is 5.08. The van der Waals surface area contributed by atoms with Gasteiger partial charge >= 0.3 is 0 Å². The largest absolute Gasteiger partial charge is 0.302 e. The highest BCUT2D eigenvalue weighted by Gasteiger charge is 2.10. The molecule has 7 heteroatoms. The number of hydrogen-bond acceptors (Lipinski definition) is 6. The smallest absolute Gasteiger partial charge is 0.226 e. The summed E-state index contributed by atoms with van der Waals surface area (Å²) in [6, 6.07) is 20.2.